The highest BCUT2D eigenvalue weighted by atomic mass is 16.6. The molecule has 0 radical (unpaired) electrons. The van der Waals surface area contributed by atoms with Crippen molar-refractivity contribution in [2.45, 2.75) is 39.7 Å². The molecule has 2 aliphatic rings. The Morgan fingerprint density at radius 1 is 1.26 bits per heavy atom. The Bertz CT molecular complexity index is 375. The summed E-state index contributed by atoms with van der Waals surface area (Å²) in [5.74, 6) is 0.933. The summed E-state index contributed by atoms with van der Waals surface area (Å²) >= 11 is 0. The van der Waals surface area contributed by atoms with Gasteiger partial charge in [-0.05, 0) is 39.5 Å². The molecule has 0 aromatic carbocycles. The van der Waals surface area contributed by atoms with Crippen molar-refractivity contribution < 1.29 is 14.3 Å². The van der Waals surface area contributed by atoms with Crippen molar-refractivity contribution in [2.75, 3.05) is 26.2 Å². The third kappa shape index (κ3) is 3.19. The van der Waals surface area contributed by atoms with E-state index in [9.17, 15) is 9.59 Å². The van der Waals surface area contributed by atoms with Crippen LogP contribution >= 0.6 is 0 Å². The first-order chi connectivity index (χ1) is 8.80. The van der Waals surface area contributed by atoms with Gasteiger partial charge in [0, 0.05) is 32.6 Å². The molecule has 0 aliphatic carbocycles. The highest BCUT2D eigenvalue weighted by Crippen LogP contribution is 2.32. The summed E-state index contributed by atoms with van der Waals surface area (Å²) in [4.78, 5) is 27.6. The standard InChI is InChI=1S/C14H24N2O3/c1-5-15-8-11-9-16(7-10(11)6-12(15)17)13(18)19-14(2,3)4/h10-11H,5-9H2,1-4H3/t10-,11+/m0/s1. The molecule has 5 nitrogen and oxygen atoms in total. The zero-order valence-corrected chi connectivity index (χ0v) is 12.3. The molecule has 0 unspecified atom stereocenters. The Morgan fingerprint density at radius 3 is 2.47 bits per heavy atom. The fourth-order valence-corrected chi connectivity index (χ4v) is 2.90. The van der Waals surface area contributed by atoms with Crippen LogP contribution < -0.4 is 0 Å². The minimum atomic E-state index is -0.462. The van der Waals surface area contributed by atoms with Crippen molar-refractivity contribution >= 4 is 12.0 Å². The van der Waals surface area contributed by atoms with Gasteiger partial charge >= 0.3 is 6.09 Å². The minimum Gasteiger partial charge on any atom is -0.444 e. The maximum Gasteiger partial charge on any atom is 0.410 e. The summed E-state index contributed by atoms with van der Waals surface area (Å²) < 4.78 is 5.40. The second-order valence-electron chi connectivity index (χ2n) is 6.54. The maximum atomic E-state index is 12.0. The zero-order valence-electron chi connectivity index (χ0n) is 12.3. The molecular formula is C14H24N2O3. The van der Waals surface area contributed by atoms with Crippen molar-refractivity contribution in [1.29, 1.82) is 0 Å². The molecule has 108 valence electrons. The fraction of sp³-hybridized carbons (Fsp3) is 0.857. The number of likely N-dealkylation sites (tertiary alicyclic amines) is 2. The molecule has 19 heavy (non-hydrogen) atoms. The predicted octanol–water partition coefficient (Wildman–Crippen LogP) is 1.72. The highest BCUT2D eigenvalue weighted by Gasteiger charge is 2.42. The third-order valence-electron chi connectivity index (χ3n) is 3.85. The van der Waals surface area contributed by atoms with Crippen molar-refractivity contribution in [1.82, 2.24) is 9.80 Å². The molecule has 0 aromatic rings. The van der Waals surface area contributed by atoms with E-state index in [1.807, 2.05) is 32.6 Å². The van der Waals surface area contributed by atoms with E-state index in [1.165, 1.54) is 0 Å². The molecule has 2 aliphatic heterocycles. The first-order valence-corrected chi connectivity index (χ1v) is 7.06. The van der Waals surface area contributed by atoms with Gasteiger partial charge in [0.05, 0.1) is 0 Å². The monoisotopic (exact) mass is 268 g/mol. The lowest BCUT2D eigenvalue weighted by atomic mass is 9.88. The Hall–Kier alpha value is -1.26. The van der Waals surface area contributed by atoms with Gasteiger partial charge in [0.2, 0.25) is 5.91 Å². The number of piperidine rings is 1. The largest absolute Gasteiger partial charge is 0.444 e. The lowest BCUT2D eigenvalue weighted by Crippen LogP contribution is -2.43. The van der Waals surface area contributed by atoms with Crippen LogP contribution in [0.15, 0.2) is 0 Å². The summed E-state index contributed by atoms with van der Waals surface area (Å²) in [6, 6.07) is 0. The normalized spacial score (nSPS) is 27.5. The molecule has 2 atom stereocenters. The summed E-state index contributed by atoms with van der Waals surface area (Å²) in [5.41, 5.74) is -0.462. The Kier molecular flexibility index (Phi) is 3.74. The van der Waals surface area contributed by atoms with Gasteiger partial charge in [0.15, 0.2) is 0 Å². The van der Waals surface area contributed by atoms with E-state index in [1.54, 1.807) is 4.90 Å². The van der Waals surface area contributed by atoms with Crippen molar-refractivity contribution in [3.05, 3.63) is 0 Å². The van der Waals surface area contributed by atoms with Gasteiger partial charge < -0.3 is 14.5 Å². The Morgan fingerprint density at radius 2 is 1.89 bits per heavy atom. The fourth-order valence-electron chi connectivity index (χ4n) is 2.90. The van der Waals surface area contributed by atoms with E-state index >= 15 is 0 Å². The van der Waals surface area contributed by atoms with Crippen LogP contribution in [0.5, 0.6) is 0 Å². The van der Waals surface area contributed by atoms with Gasteiger partial charge in [-0.15, -0.1) is 0 Å². The summed E-state index contributed by atoms with van der Waals surface area (Å²) in [6.45, 7) is 10.5. The number of amides is 2. The van der Waals surface area contributed by atoms with Gasteiger partial charge in [0.25, 0.3) is 0 Å². The number of fused-ring (bicyclic) bond motifs is 1. The molecule has 2 rings (SSSR count). The predicted molar refractivity (Wildman–Crippen MR) is 71.7 cm³/mol. The van der Waals surface area contributed by atoms with Crippen LogP contribution in [0.2, 0.25) is 0 Å². The number of nitrogens with zero attached hydrogens (tertiary/aromatic N) is 2. The summed E-state index contributed by atoms with van der Waals surface area (Å²) in [6.07, 6.45) is 0.315. The van der Waals surface area contributed by atoms with E-state index in [0.717, 1.165) is 13.1 Å². The average Bonchev–Trinajstić information content (AvgIpc) is 2.68. The lowest BCUT2D eigenvalue weighted by molar-refractivity contribution is -0.135. The topological polar surface area (TPSA) is 49.9 Å². The van der Waals surface area contributed by atoms with Crippen LogP contribution in [0.4, 0.5) is 4.79 Å². The second kappa shape index (κ2) is 5.02. The zero-order chi connectivity index (χ0) is 14.2. The molecule has 2 amide bonds. The van der Waals surface area contributed by atoms with E-state index < -0.39 is 5.60 Å². The van der Waals surface area contributed by atoms with E-state index in [4.69, 9.17) is 4.74 Å². The Labute approximate surface area is 114 Å². The van der Waals surface area contributed by atoms with Crippen LogP contribution in [-0.2, 0) is 9.53 Å². The number of hydrogen-bond donors (Lipinski definition) is 0. The highest BCUT2D eigenvalue weighted by molar-refractivity contribution is 5.78. The first-order valence-electron chi connectivity index (χ1n) is 7.06. The number of rotatable bonds is 1. The molecule has 0 N–H and O–H groups in total. The molecular weight excluding hydrogens is 244 g/mol. The van der Waals surface area contributed by atoms with Crippen molar-refractivity contribution in [3.63, 3.8) is 0 Å². The molecule has 2 saturated heterocycles. The van der Waals surface area contributed by atoms with E-state index in [0.29, 0.717) is 31.3 Å². The van der Waals surface area contributed by atoms with Crippen LogP contribution in [0.3, 0.4) is 0 Å². The van der Waals surface area contributed by atoms with Crippen LogP contribution in [0, 0.1) is 11.8 Å². The average molecular weight is 268 g/mol. The van der Waals surface area contributed by atoms with Crippen LogP contribution in [-0.4, -0.2) is 53.6 Å². The van der Waals surface area contributed by atoms with Gasteiger partial charge in [-0.25, -0.2) is 4.79 Å². The molecule has 2 fully saturated rings. The number of carbonyl (C=O) groups is 2. The molecule has 0 saturated carbocycles. The van der Waals surface area contributed by atoms with Crippen molar-refractivity contribution in [2.24, 2.45) is 11.8 Å². The molecule has 0 spiro atoms. The number of carbonyl (C=O) groups excluding carboxylic acids is 2. The van der Waals surface area contributed by atoms with E-state index in [-0.39, 0.29) is 12.0 Å². The van der Waals surface area contributed by atoms with Crippen LogP contribution in [0.1, 0.15) is 34.1 Å². The smallest absolute Gasteiger partial charge is 0.410 e. The van der Waals surface area contributed by atoms with E-state index in [2.05, 4.69) is 0 Å². The first kappa shape index (κ1) is 14.2. The summed E-state index contributed by atoms with van der Waals surface area (Å²) in [7, 11) is 0. The number of hydrogen-bond acceptors (Lipinski definition) is 3. The van der Waals surface area contributed by atoms with Crippen LogP contribution in [0.25, 0.3) is 0 Å². The molecule has 5 heteroatoms. The SMILES string of the molecule is CCN1C[C@@H]2CN(C(=O)OC(C)(C)C)C[C@@H]2CC1=O. The second-order valence-corrected chi connectivity index (χ2v) is 6.54. The van der Waals surface area contributed by atoms with Gasteiger partial charge in [-0.2, -0.15) is 0 Å². The minimum absolute atomic E-state index is 0.217. The molecule has 0 aromatic heterocycles. The lowest BCUT2D eigenvalue weighted by Gasteiger charge is -2.33. The van der Waals surface area contributed by atoms with Crippen molar-refractivity contribution in [3.8, 4) is 0 Å². The molecule has 0 bridgehead atoms. The van der Waals surface area contributed by atoms with Gasteiger partial charge in [-0.3, -0.25) is 4.79 Å². The quantitative estimate of drug-likeness (QED) is 0.727. The third-order valence-corrected chi connectivity index (χ3v) is 3.85. The Balaban J connectivity index is 1.96. The summed E-state index contributed by atoms with van der Waals surface area (Å²) in [5, 5.41) is 0. The molecule has 2 heterocycles. The maximum absolute atomic E-state index is 12.0. The van der Waals surface area contributed by atoms with Gasteiger partial charge in [0.1, 0.15) is 5.60 Å². The van der Waals surface area contributed by atoms with Gasteiger partial charge in [-0.1, -0.05) is 0 Å². The number of ether oxygens (including phenoxy) is 1.